The van der Waals surface area contributed by atoms with Crippen LogP contribution in [-0.4, -0.2) is 41.1 Å². The van der Waals surface area contributed by atoms with Gasteiger partial charge in [-0.1, -0.05) is 29.8 Å². The van der Waals surface area contributed by atoms with Crippen LogP contribution in [-0.2, 0) is 9.53 Å². The summed E-state index contributed by atoms with van der Waals surface area (Å²) in [6, 6.07) is 6.94. The maximum Gasteiger partial charge on any atom is 0.306 e. The van der Waals surface area contributed by atoms with Crippen LogP contribution in [0.5, 0.6) is 5.75 Å². The Balaban J connectivity index is 1.53. The van der Waals surface area contributed by atoms with Crippen molar-refractivity contribution < 1.29 is 24.5 Å². The highest BCUT2D eigenvalue weighted by Crippen LogP contribution is 2.42. The molecule has 1 aliphatic carbocycles. The Bertz CT molecular complexity index is 602. The molecule has 1 aliphatic heterocycles. The minimum Gasteiger partial charge on any atom is -0.491 e. The summed E-state index contributed by atoms with van der Waals surface area (Å²) in [7, 11) is 0. The predicted molar refractivity (Wildman–Crippen MR) is 84.2 cm³/mol. The van der Waals surface area contributed by atoms with E-state index >= 15 is 0 Å². The molecule has 0 amide bonds. The molecule has 5 unspecified atom stereocenters. The molecule has 2 N–H and O–H groups in total. The molecule has 5 nitrogen and oxygen atoms in total. The number of ether oxygens (including phenoxy) is 2. The third-order valence-corrected chi connectivity index (χ3v) is 4.58. The lowest BCUT2D eigenvalue weighted by atomic mass is 9.91. The van der Waals surface area contributed by atoms with Crippen LogP contribution in [0.1, 0.15) is 12.8 Å². The van der Waals surface area contributed by atoms with Crippen LogP contribution in [0.3, 0.4) is 0 Å². The highest BCUT2D eigenvalue weighted by atomic mass is 35.5. The molecule has 1 saturated carbocycles. The van der Waals surface area contributed by atoms with Crippen LogP contribution in [0.25, 0.3) is 0 Å². The van der Waals surface area contributed by atoms with E-state index in [4.69, 9.17) is 21.1 Å². The minimum absolute atomic E-state index is 0.00482. The third-order valence-electron chi connectivity index (χ3n) is 4.35. The number of hydrogen-bond acceptors (Lipinski definition) is 5. The van der Waals surface area contributed by atoms with E-state index in [1.807, 2.05) is 0 Å². The molecule has 1 aromatic carbocycles. The summed E-state index contributed by atoms with van der Waals surface area (Å²) < 4.78 is 10.6. The highest BCUT2D eigenvalue weighted by molar-refractivity contribution is 6.30. The topological polar surface area (TPSA) is 76.0 Å². The average molecular weight is 339 g/mol. The van der Waals surface area contributed by atoms with Crippen LogP contribution >= 0.6 is 11.6 Å². The summed E-state index contributed by atoms with van der Waals surface area (Å²) in [6.07, 6.45) is 2.60. The number of halogens is 1. The van der Waals surface area contributed by atoms with Gasteiger partial charge in [0.2, 0.25) is 0 Å². The van der Waals surface area contributed by atoms with Crippen molar-refractivity contribution in [2.45, 2.75) is 31.2 Å². The fourth-order valence-corrected chi connectivity index (χ4v) is 3.42. The van der Waals surface area contributed by atoms with Gasteiger partial charge in [-0.25, -0.2) is 0 Å². The smallest absolute Gasteiger partial charge is 0.306 e. The van der Waals surface area contributed by atoms with Gasteiger partial charge < -0.3 is 19.7 Å². The van der Waals surface area contributed by atoms with Gasteiger partial charge in [-0.05, 0) is 18.2 Å². The lowest BCUT2D eigenvalue weighted by Gasteiger charge is -2.15. The van der Waals surface area contributed by atoms with Crippen molar-refractivity contribution >= 4 is 17.6 Å². The zero-order valence-corrected chi connectivity index (χ0v) is 13.2. The number of benzene rings is 1. The summed E-state index contributed by atoms with van der Waals surface area (Å²) in [5.74, 6) is 0.193. The molecule has 1 aromatic rings. The zero-order chi connectivity index (χ0) is 16.4. The molecule has 3 rings (SSSR count). The van der Waals surface area contributed by atoms with E-state index in [-0.39, 0.29) is 30.5 Å². The molecular formula is C17H19ClO5. The fraction of sp³-hybridized carbons (Fsp3) is 0.471. The summed E-state index contributed by atoms with van der Waals surface area (Å²) in [4.78, 5) is 11.3. The van der Waals surface area contributed by atoms with E-state index in [2.05, 4.69) is 0 Å². The van der Waals surface area contributed by atoms with Gasteiger partial charge in [-0.2, -0.15) is 0 Å². The number of aliphatic hydroxyl groups is 2. The van der Waals surface area contributed by atoms with Gasteiger partial charge in [0, 0.05) is 23.3 Å². The summed E-state index contributed by atoms with van der Waals surface area (Å²) in [5.41, 5.74) is 0. The minimum atomic E-state index is -0.807. The molecule has 0 spiro atoms. The molecule has 5 atom stereocenters. The second-order valence-corrected chi connectivity index (χ2v) is 6.43. The van der Waals surface area contributed by atoms with Crippen molar-refractivity contribution in [3.8, 4) is 5.75 Å². The Morgan fingerprint density at radius 1 is 1.48 bits per heavy atom. The van der Waals surface area contributed by atoms with Gasteiger partial charge in [0.15, 0.2) is 0 Å². The van der Waals surface area contributed by atoms with Crippen molar-refractivity contribution in [3.63, 3.8) is 0 Å². The average Bonchev–Trinajstić information content (AvgIpc) is 2.98. The summed E-state index contributed by atoms with van der Waals surface area (Å²) in [5, 5.41) is 20.6. The maximum atomic E-state index is 11.3. The van der Waals surface area contributed by atoms with Crippen molar-refractivity contribution in [2.24, 2.45) is 11.8 Å². The van der Waals surface area contributed by atoms with Crippen molar-refractivity contribution in [2.75, 3.05) is 6.61 Å². The molecule has 6 heteroatoms. The van der Waals surface area contributed by atoms with E-state index in [1.165, 1.54) is 0 Å². The lowest BCUT2D eigenvalue weighted by molar-refractivity contribution is -0.141. The molecule has 1 heterocycles. The van der Waals surface area contributed by atoms with E-state index in [9.17, 15) is 15.0 Å². The van der Waals surface area contributed by atoms with Crippen molar-refractivity contribution in [1.82, 2.24) is 0 Å². The molecule has 23 heavy (non-hydrogen) atoms. The number of carbonyl (C=O) groups is 1. The normalized spacial score (nSPS) is 31.2. The molecule has 1 saturated heterocycles. The Kier molecular flexibility index (Phi) is 4.90. The van der Waals surface area contributed by atoms with Crippen LogP contribution < -0.4 is 4.74 Å². The van der Waals surface area contributed by atoms with E-state index < -0.39 is 12.2 Å². The van der Waals surface area contributed by atoms with Crippen LogP contribution in [0.2, 0.25) is 5.02 Å². The molecule has 124 valence electrons. The Morgan fingerprint density at radius 2 is 2.30 bits per heavy atom. The number of carbonyl (C=O) groups excluding carboxylic acids is 1. The van der Waals surface area contributed by atoms with Gasteiger partial charge >= 0.3 is 5.97 Å². The predicted octanol–water partition coefficient (Wildman–Crippen LogP) is 1.95. The van der Waals surface area contributed by atoms with Crippen LogP contribution in [0.15, 0.2) is 36.4 Å². The summed E-state index contributed by atoms with van der Waals surface area (Å²) in [6.45, 7) is 0.0865. The number of rotatable bonds is 5. The molecule has 0 bridgehead atoms. The first-order valence-electron chi connectivity index (χ1n) is 7.65. The second-order valence-electron chi connectivity index (χ2n) is 6.00. The first-order valence-corrected chi connectivity index (χ1v) is 8.03. The molecule has 2 aliphatic rings. The summed E-state index contributed by atoms with van der Waals surface area (Å²) >= 11 is 5.86. The van der Waals surface area contributed by atoms with Gasteiger partial charge in [0.1, 0.15) is 24.6 Å². The highest BCUT2D eigenvalue weighted by Gasteiger charge is 2.48. The van der Waals surface area contributed by atoms with Gasteiger partial charge in [0.05, 0.1) is 12.5 Å². The third kappa shape index (κ3) is 3.86. The standard InChI is InChI=1S/C17H19ClO5/c18-10-2-1-3-12(6-10)22-9-11(19)4-5-13-14-7-17(21)23-16(14)8-15(13)20/h1-6,11,13-16,19-20H,7-9H2/b5-4+. The Hall–Kier alpha value is -1.56. The largest absolute Gasteiger partial charge is 0.491 e. The van der Waals surface area contributed by atoms with Gasteiger partial charge in [-0.3, -0.25) is 4.79 Å². The molecular weight excluding hydrogens is 320 g/mol. The monoisotopic (exact) mass is 338 g/mol. The first kappa shape index (κ1) is 16.3. The van der Waals surface area contributed by atoms with E-state index in [0.29, 0.717) is 23.6 Å². The van der Waals surface area contributed by atoms with Crippen LogP contribution in [0.4, 0.5) is 0 Å². The first-order chi connectivity index (χ1) is 11.0. The van der Waals surface area contributed by atoms with Crippen molar-refractivity contribution in [3.05, 3.63) is 41.4 Å². The number of aliphatic hydroxyl groups excluding tert-OH is 2. The zero-order valence-electron chi connectivity index (χ0n) is 12.5. The van der Waals surface area contributed by atoms with Crippen LogP contribution in [0, 0.1) is 11.8 Å². The Labute approximate surface area is 139 Å². The van der Waals surface area contributed by atoms with E-state index in [1.54, 1.807) is 36.4 Å². The lowest BCUT2D eigenvalue weighted by Crippen LogP contribution is -2.20. The molecule has 0 aromatic heterocycles. The van der Waals surface area contributed by atoms with E-state index in [0.717, 1.165) is 0 Å². The maximum absolute atomic E-state index is 11.3. The van der Waals surface area contributed by atoms with Gasteiger partial charge in [0.25, 0.3) is 0 Å². The van der Waals surface area contributed by atoms with Gasteiger partial charge in [-0.15, -0.1) is 0 Å². The fourth-order valence-electron chi connectivity index (χ4n) is 3.24. The quantitative estimate of drug-likeness (QED) is 0.634. The molecule has 0 radical (unpaired) electrons. The Morgan fingerprint density at radius 3 is 3.09 bits per heavy atom. The SMILES string of the molecule is O=C1CC2C(CC(O)C2/C=C/C(O)COc2cccc(Cl)c2)O1. The molecule has 2 fully saturated rings. The second kappa shape index (κ2) is 6.91. The number of hydrogen-bond donors (Lipinski definition) is 2. The van der Waals surface area contributed by atoms with Crippen molar-refractivity contribution in [1.29, 1.82) is 0 Å². The number of fused-ring (bicyclic) bond motifs is 1. The number of esters is 1.